The Morgan fingerprint density at radius 3 is 2.29 bits per heavy atom. The number of benzene rings is 2. The van der Waals surface area contributed by atoms with E-state index in [1.165, 1.54) is 22.3 Å². The molecule has 2 rings (SSSR count). The van der Waals surface area contributed by atoms with Crippen molar-refractivity contribution in [2.75, 3.05) is 0 Å². The quantitative estimate of drug-likeness (QED) is 0.861. The van der Waals surface area contributed by atoms with Crippen molar-refractivity contribution in [3.63, 3.8) is 0 Å². The van der Waals surface area contributed by atoms with Crippen LogP contribution in [0, 0.1) is 13.8 Å². The summed E-state index contributed by atoms with van der Waals surface area (Å²) < 4.78 is 6.89. The summed E-state index contributed by atoms with van der Waals surface area (Å²) in [5, 5.41) is 0. The van der Waals surface area contributed by atoms with Crippen LogP contribution in [-0.4, -0.2) is 6.04 Å². The standard InChI is InChI=1S/C18H22BrNO/c1-12-6-13(2)8-16(7-12)11-21-18-5-4-15(9-14(3)20)10-17(18)19/h4-8,10,14H,9,11,20H2,1-3H3. The van der Waals surface area contributed by atoms with Gasteiger partial charge in [-0.1, -0.05) is 35.4 Å². The van der Waals surface area contributed by atoms with Gasteiger partial charge in [0.15, 0.2) is 0 Å². The fourth-order valence-electron chi connectivity index (χ4n) is 2.47. The van der Waals surface area contributed by atoms with Crippen molar-refractivity contribution in [3.8, 4) is 5.75 Å². The Bertz CT molecular complexity index is 602. The van der Waals surface area contributed by atoms with Crippen molar-refractivity contribution in [2.45, 2.75) is 39.8 Å². The molecule has 2 N–H and O–H groups in total. The second-order valence-corrected chi connectivity index (χ2v) is 6.59. The van der Waals surface area contributed by atoms with Crippen molar-refractivity contribution in [1.29, 1.82) is 0 Å². The highest BCUT2D eigenvalue weighted by atomic mass is 79.9. The molecule has 0 aliphatic rings. The molecule has 2 nitrogen and oxygen atoms in total. The Morgan fingerprint density at radius 2 is 1.71 bits per heavy atom. The first kappa shape index (κ1) is 16.1. The van der Waals surface area contributed by atoms with Crippen LogP contribution in [0.4, 0.5) is 0 Å². The molecule has 21 heavy (non-hydrogen) atoms. The molecule has 0 amide bonds. The molecule has 0 aliphatic heterocycles. The second kappa shape index (κ2) is 7.10. The average molecular weight is 348 g/mol. The molecule has 112 valence electrons. The minimum absolute atomic E-state index is 0.166. The van der Waals surface area contributed by atoms with Crippen molar-refractivity contribution in [2.24, 2.45) is 5.73 Å². The van der Waals surface area contributed by atoms with Gasteiger partial charge in [-0.15, -0.1) is 0 Å². The topological polar surface area (TPSA) is 35.2 Å². The maximum atomic E-state index is 5.91. The molecule has 1 atom stereocenters. The Hall–Kier alpha value is -1.32. The van der Waals surface area contributed by atoms with E-state index in [0.717, 1.165) is 16.6 Å². The molecular formula is C18H22BrNO. The van der Waals surface area contributed by atoms with Crippen molar-refractivity contribution >= 4 is 15.9 Å². The first-order valence-corrected chi connectivity index (χ1v) is 7.97. The van der Waals surface area contributed by atoms with Gasteiger partial charge in [0.25, 0.3) is 0 Å². The van der Waals surface area contributed by atoms with E-state index in [0.29, 0.717) is 6.61 Å². The summed E-state index contributed by atoms with van der Waals surface area (Å²) in [5.41, 5.74) is 10.8. The lowest BCUT2D eigenvalue weighted by molar-refractivity contribution is 0.304. The number of hydrogen-bond donors (Lipinski definition) is 1. The van der Waals surface area contributed by atoms with E-state index in [4.69, 9.17) is 10.5 Å². The summed E-state index contributed by atoms with van der Waals surface area (Å²) in [7, 11) is 0. The Kier molecular flexibility index (Phi) is 5.43. The normalized spacial score (nSPS) is 12.2. The molecule has 0 saturated heterocycles. The third-order valence-corrected chi connectivity index (χ3v) is 3.85. The van der Waals surface area contributed by atoms with Crippen LogP contribution in [0.15, 0.2) is 40.9 Å². The van der Waals surface area contributed by atoms with Crippen LogP contribution < -0.4 is 10.5 Å². The van der Waals surface area contributed by atoms with Crippen LogP contribution in [-0.2, 0) is 13.0 Å². The molecule has 2 aromatic carbocycles. The lowest BCUT2D eigenvalue weighted by atomic mass is 10.1. The summed E-state index contributed by atoms with van der Waals surface area (Å²) >= 11 is 3.57. The number of aryl methyl sites for hydroxylation is 2. The maximum absolute atomic E-state index is 5.91. The Balaban J connectivity index is 2.06. The van der Waals surface area contributed by atoms with Crippen molar-refractivity contribution in [3.05, 3.63) is 63.1 Å². The molecule has 0 aromatic heterocycles. The van der Waals surface area contributed by atoms with E-state index in [1.54, 1.807) is 0 Å². The molecule has 0 saturated carbocycles. The lowest BCUT2D eigenvalue weighted by Gasteiger charge is -2.12. The number of ether oxygens (including phenoxy) is 1. The largest absolute Gasteiger partial charge is 0.488 e. The summed E-state index contributed by atoms with van der Waals surface area (Å²) in [6.45, 7) is 6.80. The SMILES string of the molecule is Cc1cc(C)cc(COc2ccc(CC(C)N)cc2Br)c1. The van der Waals surface area contributed by atoms with Crippen molar-refractivity contribution < 1.29 is 4.74 Å². The van der Waals surface area contributed by atoms with E-state index in [2.05, 4.69) is 60.1 Å². The van der Waals surface area contributed by atoms with Crippen LogP contribution in [0.2, 0.25) is 0 Å². The molecule has 0 radical (unpaired) electrons. The fraction of sp³-hybridized carbons (Fsp3) is 0.333. The van der Waals surface area contributed by atoms with Gasteiger partial charge in [-0.3, -0.25) is 0 Å². The molecule has 0 heterocycles. The third-order valence-electron chi connectivity index (χ3n) is 3.23. The van der Waals surface area contributed by atoms with Gasteiger partial charge >= 0.3 is 0 Å². The smallest absolute Gasteiger partial charge is 0.134 e. The molecule has 0 spiro atoms. The van der Waals surface area contributed by atoms with Gasteiger partial charge in [0.2, 0.25) is 0 Å². The fourth-order valence-corrected chi connectivity index (χ4v) is 3.01. The zero-order chi connectivity index (χ0) is 15.4. The highest BCUT2D eigenvalue weighted by molar-refractivity contribution is 9.10. The zero-order valence-electron chi connectivity index (χ0n) is 12.8. The monoisotopic (exact) mass is 347 g/mol. The van der Waals surface area contributed by atoms with Crippen LogP contribution in [0.5, 0.6) is 5.75 Å². The van der Waals surface area contributed by atoms with Gasteiger partial charge in [-0.25, -0.2) is 0 Å². The zero-order valence-corrected chi connectivity index (χ0v) is 14.4. The molecule has 0 aliphatic carbocycles. The summed E-state index contributed by atoms with van der Waals surface area (Å²) in [6.07, 6.45) is 0.871. The summed E-state index contributed by atoms with van der Waals surface area (Å²) in [6, 6.07) is 12.8. The molecule has 0 fully saturated rings. The van der Waals surface area contributed by atoms with Crippen LogP contribution in [0.3, 0.4) is 0 Å². The highest BCUT2D eigenvalue weighted by Crippen LogP contribution is 2.27. The number of hydrogen-bond acceptors (Lipinski definition) is 2. The minimum atomic E-state index is 0.166. The lowest BCUT2D eigenvalue weighted by Crippen LogP contribution is -2.17. The van der Waals surface area contributed by atoms with E-state index < -0.39 is 0 Å². The Labute approximate surface area is 135 Å². The Morgan fingerprint density at radius 1 is 1.05 bits per heavy atom. The predicted octanol–water partition coefficient (Wildman–Crippen LogP) is 4.53. The van der Waals surface area contributed by atoms with Gasteiger partial charge in [0.05, 0.1) is 4.47 Å². The summed E-state index contributed by atoms with van der Waals surface area (Å²) in [4.78, 5) is 0. The molecular weight excluding hydrogens is 326 g/mol. The number of rotatable bonds is 5. The molecule has 1 unspecified atom stereocenters. The van der Waals surface area contributed by atoms with Gasteiger partial charge in [-0.2, -0.15) is 0 Å². The molecule has 3 heteroatoms. The van der Waals surface area contributed by atoms with Crippen LogP contribution >= 0.6 is 15.9 Å². The first-order chi connectivity index (χ1) is 9.94. The van der Waals surface area contributed by atoms with Gasteiger partial charge < -0.3 is 10.5 Å². The van der Waals surface area contributed by atoms with Gasteiger partial charge in [0.1, 0.15) is 12.4 Å². The highest BCUT2D eigenvalue weighted by Gasteiger charge is 2.05. The number of nitrogens with two attached hydrogens (primary N) is 1. The molecule has 0 bridgehead atoms. The number of halogens is 1. The maximum Gasteiger partial charge on any atom is 0.134 e. The van der Waals surface area contributed by atoms with E-state index in [1.807, 2.05) is 13.0 Å². The molecule has 2 aromatic rings. The first-order valence-electron chi connectivity index (χ1n) is 7.18. The van der Waals surface area contributed by atoms with Crippen LogP contribution in [0.1, 0.15) is 29.2 Å². The predicted molar refractivity (Wildman–Crippen MR) is 91.7 cm³/mol. The van der Waals surface area contributed by atoms with Crippen molar-refractivity contribution in [1.82, 2.24) is 0 Å². The summed E-state index contributed by atoms with van der Waals surface area (Å²) in [5.74, 6) is 0.864. The third kappa shape index (κ3) is 4.87. The van der Waals surface area contributed by atoms with E-state index in [9.17, 15) is 0 Å². The average Bonchev–Trinajstić information content (AvgIpc) is 2.36. The second-order valence-electron chi connectivity index (χ2n) is 5.73. The minimum Gasteiger partial charge on any atom is -0.488 e. The van der Waals surface area contributed by atoms with Gasteiger partial charge in [0, 0.05) is 6.04 Å². The van der Waals surface area contributed by atoms with Crippen LogP contribution in [0.25, 0.3) is 0 Å². The van der Waals surface area contributed by atoms with E-state index >= 15 is 0 Å². The van der Waals surface area contributed by atoms with Gasteiger partial charge in [-0.05, 0) is 66.4 Å². The van der Waals surface area contributed by atoms with E-state index in [-0.39, 0.29) is 6.04 Å².